The first-order chi connectivity index (χ1) is 14.9. The van der Waals surface area contributed by atoms with Crippen LogP contribution in [0.5, 0.6) is 5.75 Å². The lowest BCUT2D eigenvalue weighted by Gasteiger charge is -2.26. The molecule has 0 aliphatic carbocycles. The summed E-state index contributed by atoms with van der Waals surface area (Å²) in [5.74, 6) is 0.852. The Balaban J connectivity index is 1.74. The second-order valence-corrected chi connectivity index (χ2v) is 8.97. The fourth-order valence-corrected chi connectivity index (χ4v) is 4.18. The van der Waals surface area contributed by atoms with Gasteiger partial charge in [0.1, 0.15) is 11.4 Å². The summed E-state index contributed by atoms with van der Waals surface area (Å²) in [5, 5.41) is 11.2. The SMILES string of the molecule is COc1ccc(-n2c(CCC(C)(C)O)cc3cc(C(=O)N4CCCCC4)cnc32)cc1. The predicted octanol–water partition coefficient (Wildman–Crippen LogP) is 4.36. The van der Waals surface area contributed by atoms with Crippen molar-refractivity contribution in [3.8, 4) is 11.4 Å². The van der Waals surface area contributed by atoms with Crippen molar-refractivity contribution in [3.63, 3.8) is 0 Å². The Hall–Kier alpha value is -2.86. The van der Waals surface area contributed by atoms with E-state index >= 15 is 0 Å². The van der Waals surface area contributed by atoms with Gasteiger partial charge in [0.2, 0.25) is 0 Å². The maximum absolute atomic E-state index is 13.0. The van der Waals surface area contributed by atoms with Crippen molar-refractivity contribution < 1.29 is 14.6 Å². The Bertz CT molecular complexity index is 1060. The largest absolute Gasteiger partial charge is 0.497 e. The van der Waals surface area contributed by atoms with E-state index in [-0.39, 0.29) is 5.91 Å². The van der Waals surface area contributed by atoms with E-state index in [4.69, 9.17) is 9.72 Å². The Morgan fingerprint density at radius 2 is 1.84 bits per heavy atom. The van der Waals surface area contributed by atoms with Gasteiger partial charge in [0, 0.05) is 36.1 Å². The van der Waals surface area contributed by atoms with E-state index in [1.54, 1.807) is 13.3 Å². The number of fused-ring (bicyclic) bond motifs is 1. The minimum Gasteiger partial charge on any atom is -0.497 e. The second kappa shape index (κ2) is 8.71. The molecule has 0 bridgehead atoms. The first-order valence-corrected chi connectivity index (χ1v) is 11.0. The quantitative estimate of drug-likeness (QED) is 0.642. The first-order valence-electron chi connectivity index (χ1n) is 11.0. The third-order valence-electron chi connectivity index (χ3n) is 5.93. The summed E-state index contributed by atoms with van der Waals surface area (Å²) in [6, 6.07) is 11.9. The highest BCUT2D eigenvalue weighted by atomic mass is 16.5. The summed E-state index contributed by atoms with van der Waals surface area (Å²) < 4.78 is 7.40. The van der Waals surface area contributed by atoms with Gasteiger partial charge in [-0.1, -0.05) is 0 Å². The molecule has 6 heteroatoms. The van der Waals surface area contributed by atoms with Crippen LogP contribution in [-0.2, 0) is 6.42 Å². The van der Waals surface area contributed by atoms with Crippen LogP contribution in [0.15, 0.2) is 42.6 Å². The highest BCUT2D eigenvalue weighted by molar-refractivity contribution is 5.97. The molecule has 0 unspecified atom stereocenters. The van der Waals surface area contributed by atoms with E-state index < -0.39 is 5.60 Å². The number of carbonyl (C=O) groups excluding carboxylic acids is 1. The van der Waals surface area contributed by atoms with Crippen LogP contribution < -0.4 is 4.74 Å². The third kappa shape index (κ3) is 4.74. The molecular weight excluding hydrogens is 390 g/mol. The summed E-state index contributed by atoms with van der Waals surface area (Å²) in [6.07, 6.45) is 6.34. The lowest BCUT2D eigenvalue weighted by molar-refractivity contribution is 0.0707. The van der Waals surface area contributed by atoms with Crippen molar-refractivity contribution in [3.05, 3.63) is 53.9 Å². The zero-order chi connectivity index (χ0) is 22.0. The number of rotatable bonds is 6. The standard InChI is InChI=1S/C25H31N3O3/c1-25(2,30)12-11-21-16-18-15-19(24(29)27-13-5-4-6-14-27)17-26-23(18)28(21)20-7-9-22(31-3)10-8-20/h7-10,15-17,30H,4-6,11-14H2,1-3H3. The number of hydrogen-bond acceptors (Lipinski definition) is 4. The second-order valence-electron chi connectivity index (χ2n) is 8.97. The molecule has 2 aromatic heterocycles. The molecule has 31 heavy (non-hydrogen) atoms. The monoisotopic (exact) mass is 421 g/mol. The van der Waals surface area contributed by atoms with Gasteiger partial charge in [-0.15, -0.1) is 0 Å². The van der Waals surface area contributed by atoms with Crippen LogP contribution in [-0.4, -0.2) is 51.3 Å². The number of aliphatic hydroxyl groups is 1. The molecular formula is C25H31N3O3. The van der Waals surface area contributed by atoms with Crippen LogP contribution >= 0.6 is 0 Å². The maximum atomic E-state index is 13.0. The van der Waals surface area contributed by atoms with Crippen molar-refractivity contribution >= 4 is 16.9 Å². The zero-order valence-electron chi connectivity index (χ0n) is 18.6. The number of nitrogens with zero attached hydrogens (tertiary/aromatic N) is 3. The number of aromatic nitrogens is 2. The van der Waals surface area contributed by atoms with Crippen LogP contribution in [0.2, 0.25) is 0 Å². The molecule has 0 saturated carbocycles. The van der Waals surface area contributed by atoms with Crippen molar-refractivity contribution in [2.75, 3.05) is 20.2 Å². The van der Waals surface area contributed by atoms with E-state index in [1.807, 2.05) is 49.1 Å². The maximum Gasteiger partial charge on any atom is 0.255 e. The number of hydrogen-bond donors (Lipinski definition) is 1. The number of ether oxygens (including phenoxy) is 1. The minimum absolute atomic E-state index is 0.0596. The average Bonchev–Trinajstić information content (AvgIpc) is 3.15. The number of methoxy groups -OCH3 is 1. The van der Waals surface area contributed by atoms with E-state index in [1.165, 1.54) is 6.42 Å². The fourth-order valence-electron chi connectivity index (χ4n) is 4.18. The Morgan fingerprint density at radius 3 is 2.48 bits per heavy atom. The fraction of sp³-hybridized carbons (Fsp3) is 0.440. The van der Waals surface area contributed by atoms with Crippen molar-refractivity contribution in [2.24, 2.45) is 0 Å². The number of aryl methyl sites for hydroxylation is 1. The molecule has 0 radical (unpaired) electrons. The van der Waals surface area contributed by atoms with Crippen molar-refractivity contribution in [2.45, 2.75) is 51.6 Å². The van der Waals surface area contributed by atoms with E-state index in [9.17, 15) is 9.90 Å². The molecule has 1 amide bonds. The molecule has 0 spiro atoms. The van der Waals surface area contributed by atoms with Gasteiger partial charge in [-0.05, 0) is 82.3 Å². The number of likely N-dealkylation sites (tertiary alicyclic amines) is 1. The molecule has 1 saturated heterocycles. The topological polar surface area (TPSA) is 67.6 Å². The number of piperidine rings is 1. The predicted molar refractivity (Wildman–Crippen MR) is 122 cm³/mol. The Morgan fingerprint density at radius 1 is 1.13 bits per heavy atom. The molecule has 1 aromatic carbocycles. The van der Waals surface area contributed by atoms with Gasteiger partial charge in [-0.3, -0.25) is 9.36 Å². The molecule has 164 valence electrons. The summed E-state index contributed by atoms with van der Waals surface area (Å²) >= 11 is 0. The summed E-state index contributed by atoms with van der Waals surface area (Å²) in [6.45, 7) is 5.28. The van der Waals surface area contributed by atoms with Crippen LogP contribution in [0.1, 0.15) is 55.6 Å². The van der Waals surface area contributed by atoms with Gasteiger partial charge in [0.15, 0.2) is 0 Å². The van der Waals surface area contributed by atoms with Gasteiger partial charge in [0.25, 0.3) is 5.91 Å². The number of benzene rings is 1. The highest BCUT2D eigenvalue weighted by Crippen LogP contribution is 2.28. The van der Waals surface area contributed by atoms with Gasteiger partial charge in [-0.2, -0.15) is 0 Å². The lowest BCUT2D eigenvalue weighted by atomic mass is 10.0. The Kier molecular flexibility index (Phi) is 6.01. The zero-order valence-corrected chi connectivity index (χ0v) is 18.6. The minimum atomic E-state index is -0.760. The number of carbonyl (C=O) groups is 1. The number of amides is 1. The summed E-state index contributed by atoms with van der Waals surface area (Å²) in [4.78, 5) is 19.6. The Labute approximate surface area is 183 Å². The van der Waals surface area contributed by atoms with Crippen LogP contribution in [0.3, 0.4) is 0 Å². The molecule has 1 aliphatic heterocycles. The first kappa shape index (κ1) is 21.4. The molecule has 3 aromatic rings. The smallest absolute Gasteiger partial charge is 0.255 e. The summed E-state index contributed by atoms with van der Waals surface area (Å²) in [7, 11) is 1.65. The molecule has 1 aliphatic rings. The van der Waals surface area contributed by atoms with E-state index in [0.29, 0.717) is 18.4 Å². The van der Waals surface area contributed by atoms with E-state index in [0.717, 1.165) is 54.1 Å². The normalized spacial score (nSPS) is 14.8. The average molecular weight is 422 g/mol. The van der Waals surface area contributed by atoms with Crippen LogP contribution in [0, 0.1) is 0 Å². The van der Waals surface area contributed by atoms with Crippen LogP contribution in [0.4, 0.5) is 0 Å². The molecule has 1 fully saturated rings. The molecule has 0 atom stereocenters. The molecule has 4 rings (SSSR count). The van der Waals surface area contributed by atoms with Crippen LogP contribution in [0.25, 0.3) is 16.7 Å². The third-order valence-corrected chi connectivity index (χ3v) is 5.93. The van der Waals surface area contributed by atoms with Crippen molar-refractivity contribution in [1.82, 2.24) is 14.5 Å². The molecule has 1 N–H and O–H groups in total. The van der Waals surface area contributed by atoms with Crippen molar-refractivity contribution in [1.29, 1.82) is 0 Å². The number of pyridine rings is 1. The van der Waals surface area contributed by atoms with Gasteiger partial charge in [0.05, 0.1) is 18.3 Å². The molecule has 6 nitrogen and oxygen atoms in total. The van der Waals surface area contributed by atoms with E-state index in [2.05, 4.69) is 10.6 Å². The lowest BCUT2D eigenvalue weighted by Crippen LogP contribution is -2.35. The summed E-state index contributed by atoms with van der Waals surface area (Å²) in [5.41, 5.74) is 2.72. The van der Waals surface area contributed by atoms with Gasteiger partial charge < -0.3 is 14.7 Å². The molecule has 3 heterocycles. The van der Waals surface area contributed by atoms with Gasteiger partial charge in [-0.25, -0.2) is 4.98 Å². The van der Waals surface area contributed by atoms with Gasteiger partial charge >= 0.3 is 0 Å². The highest BCUT2D eigenvalue weighted by Gasteiger charge is 2.21.